The van der Waals surface area contributed by atoms with Gasteiger partial charge in [0.1, 0.15) is 11.3 Å². The second kappa shape index (κ2) is 5.58. The SMILES string of the molecule is CCC(C)NC(=O)c1cc([N+](=O)[O-])cnc1Cl. The topological polar surface area (TPSA) is 85.1 Å². The highest BCUT2D eigenvalue weighted by molar-refractivity contribution is 6.32. The van der Waals surface area contributed by atoms with Gasteiger partial charge in [0.25, 0.3) is 11.6 Å². The standard InChI is InChI=1S/C10H12ClN3O3/c1-3-6(2)13-10(15)8-4-7(14(16)17)5-12-9(8)11/h4-6H,3H2,1-2H3,(H,13,15). The van der Waals surface area contributed by atoms with Crippen LogP contribution in [-0.2, 0) is 0 Å². The Kier molecular flexibility index (Phi) is 4.39. The maximum atomic E-state index is 11.8. The summed E-state index contributed by atoms with van der Waals surface area (Å²) in [4.78, 5) is 25.3. The van der Waals surface area contributed by atoms with E-state index in [0.29, 0.717) is 0 Å². The molecule has 0 aliphatic heterocycles. The number of nitrogens with zero attached hydrogens (tertiary/aromatic N) is 2. The molecule has 1 heterocycles. The van der Waals surface area contributed by atoms with Crippen LogP contribution in [0, 0.1) is 10.1 Å². The lowest BCUT2D eigenvalue weighted by Gasteiger charge is -2.11. The van der Waals surface area contributed by atoms with Crippen molar-refractivity contribution in [3.63, 3.8) is 0 Å². The first-order valence-corrected chi connectivity index (χ1v) is 5.44. The molecule has 1 aromatic heterocycles. The lowest BCUT2D eigenvalue weighted by Crippen LogP contribution is -2.32. The molecule has 1 rings (SSSR count). The quantitative estimate of drug-likeness (QED) is 0.509. The van der Waals surface area contributed by atoms with Crippen molar-refractivity contribution in [2.45, 2.75) is 26.3 Å². The van der Waals surface area contributed by atoms with E-state index in [0.717, 1.165) is 18.7 Å². The van der Waals surface area contributed by atoms with Crippen molar-refractivity contribution in [1.82, 2.24) is 10.3 Å². The van der Waals surface area contributed by atoms with E-state index in [4.69, 9.17) is 11.6 Å². The lowest BCUT2D eigenvalue weighted by molar-refractivity contribution is -0.385. The van der Waals surface area contributed by atoms with E-state index in [-0.39, 0.29) is 22.4 Å². The Morgan fingerprint density at radius 3 is 2.88 bits per heavy atom. The maximum absolute atomic E-state index is 11.8. The summed E-state index contributed by atoms with van der Waals surface area (Å²) in [6.45, 7) is 3.74. The Bertz CT molecular complexity index is 450. The molecule has 0 radical (unpaired) electrons. The monoisotopic (exact) mass is 257 g/mol. The Balaban J connectivity index is 3.00. The fourth-order valence-corrected chi connectivity index (χ4v) is 1.29. The summed E-state index contributed by atoms with van der Waals surface area (Å²) in [5.41, 5.74) is -0.245. The van der Waals surface area contributed by atoms with Crippen LogP contribution in [0.2, 0.25) is 5.15 Å². The van der Waals surface area contributed by atoms with Gasteiger partial charge in [0.05, 0.1) is 10.5 Å². The van der Waals surface area contributed by atoms with Gasteiger partial charge in [-0.25, -0.2) is 4.98 Å². The van der Waals surface area contributed by atoms with Crippen LogP contribution >= 0.6 is 11.6 Å². The van der Waals surface area contributed by atoms with Crippen molar-refractivity contribution in [2.24, 2.45) is 0 Å². The van der Waals surface area contributed by atoms with Gasteiger partial charge in [-0.05, 0) is 13.3 Å². The molecule has 0 aliphatic rings. The molecule has 1 amide bonds. The number of nitrogens with one attached hydrogen (secondary N) is 1. The van der Waals surface area contributed by atoms with Gasteiger partial charge in [-0.3, -0.25) is 14.9 Å². The van der Waals surface area contributed by atoms with E-state index in [2.05, 4.69) is 10.3 Å². The molecule has 0 saturated carbocycles. The van der Waals surface area contributed by atoms with E-state index in [1.807, 2.05) is 13.8 Å². The minimum atomic E-state index is -0.622. The van der Waals surface area contributed by atoms with Crippen LogP contribution < -0.4 is 5.32 Å². The predicted octanol–water partition coefficient (Wildman–Crippen LogP) is 2.17. The number of hydrogen-bond donors (Lipinski definition) is 1. The van der Waals surface area contributed by atoms with Gasteiger partial charge in [-0.15, -0.1) is 0 Å². The molecule has 7 heteroatoms. The van der Waals surface area contributed by atoms with E-state index in [1.165, 1.54) is 0 Å². The van der Waals surface area contributed by atoms with Crippen LogP contribution in [0.25, 0.3) is 0 Å². The van der Waals surface area contributed by atoms with Gasteiger partial charge in [0.2, 0.25) is 0 Å². The van der Waals surface area contributed by atoms with E-state index in [9.17, 15) is 14.9 Å². The Morgan fingerprint density at radius 1 is 1.71 bits per heavy atom. The molecule has 92 valence electrons. The highest BCUT2D eigenvalue weighted by Gasteiger charge is 2.17. The summed E-state index contributed by atoms with van der Waals surface area (Å²) in [6.07, 6.45) is 1.77. The summed E-state index contributed by atoms with van der Waals surface area (Å²) in [6, 6.07) is 1.09. The third-order valence-corrected chi connectivity index (χ3v) is 2.57. The summed E-state index contributed by atoms with van der Waals surface area (Å²) in [5.74, 6) is -0.458. The lowest BCUT2D eigenvalue weighted by atomic mass is 10.2. The number of halogens is 1. The molecule has 0 fully saturated rings. The van der Waals surface area contributed by atoms with Crippen molar-refractivity contribution in [3.8, 4) is 0 Å². The molecule has 1 aromatic rings. The first-order valence-electron chi connectivity index (χ1n) is 5.06. The van der Waals surface area contributed by atoms with Gasteiger partial charge in [-0.2, -0.15) is 0 Å². The summed E-state index contributed by atoms with van der Waals surface area (Å²) < 4.78 is 0. The zero-order chi connectivity index (χ0) is 13.0. The minimum absolute atomic E-state index is 0.0150. The predicted molar refractivity (Wildman–Crippen MR) is 63.1 cm³/mol. The summed E-state index contributed by atoms with van der Waals surface area (Å²) >= 11 is 5.73. The Hall–Kier alpha value is -1.69. The van der Waals surface area contributed by atoms with Crippen molar-refractivity contribution < 1.29 is 9.72 Å². The van der Waals surface area contributed by atoms with Crippen LogP contribution in [0.15, 0.2) is 12.3 Å². The van der Waals surface area contributed by atoms with Crippen LogP contribution in [0.5, 0.6) is 0 Å². The molecular weight excluding hydrogens is 246 g/mol. The van der Waals surface area contributed by atoms with Gasteiger partial charge < -0.3 is 5.32 Å². The molecule has 0 bridgehead atoms. The molecular formula is C10H12ClN3O3. The second-order valence-corrected chi connectivity index (χ2v) is 3.93. The van der Waals surface area contributed by atoms with Gasteiger partial charge in [0.15, 0.2) is 0 Å². The van der Waals surface area contributed by atoms with Crippen molar-refractivity contribution in [3.05, 3.63) is 33.1 Å². The van der Waals surface area contributed by atoms with Crippen molar-refractivity contribution >= 4 is 23.2 Å². The number of carbonyl (C=O) groups excluding carboxylic acids is 1. The summed E-state index contributed by atoms with van der Waals surface area (Å²) in [5, 5.41) is 13.2. The third kappa shape index (κ3) is 3.39. The van der Waals surface area contributed by atoms with Gasteiger partial charge in [0, 0.05) is 12.1 Å². The van der Waals surface area contributed by atoms with Crippen LogP contribution in [0.3, 0.4) is 0 Å². The fraction of sp³-hybridized carbons (Fsp3) is 0.400. The average Bonchev–Trinajstić information content (AvgIpc) is 2.28. The molecule has 6 nitrogen and oxygen atoms in total. The van der Waals surface area contributed by atoms with E-state index >= 15 is 0 Å². The zero-order valence-electron chi connectivity index (χ0n) is 9.44. The molecule has 1 unspecified atom stereocenters. The number of aromatic nitrogens is 1. The molecule has 0 saturated heterocycles. The molecule has 0 aliphatic carbocycles. The number of hydrogen-bond acceptors (Lipinski definition) is 4. The Morgan fingerprint density at radius 2 is 2.35 bits per heavy atom. The summed E-state index contributed by atoms with van der Waals surface area (Å²) in [7, 11) is 0. The van der Waals surface area contributed by atoms with Gasteiger partial charge in [-0.1, -0.05) is 18.5 Å². The highest BCUT2D eigenvalue weighted by atomic mass is 35.5. The molecule has 0 spiro atoms. The van der Waals surface area contributed by atoms with E-state index in [1.54, 1.807) is 0 Å². The Labute approximate surface area is 103 Å². The third-order valence-electron chi connectivity index (χ3n) is 2.27. The smallest absolute Gasteiger partial charge is 0.288 e. The van der Waals surface area contributed by atoms with Crippen molar-refractivity contribution in [1.29, 1.82) is 0 Å². The zero-order valence-corrected chi connectivity index (χ0v) is 10.2. The minimum Gasteiger partial charge on any atom is -0.349 e. The molecule has 0 aromatic carbocycles. The van der Waals surface area contributed by atoms with Crippen molar-refractivity contribution in [2.75, 3.05) is 0 Å². The normalized spacial score (nSPS) is 11.9. The number of nitro groups is 1. The largest absolute Gasteiger partial charge is 0.349 e. The first-order chi connectivity index (χ1) is 7.95. The maximum Gasteiger partial charge on any atom is 0.288 e. The first kappa shape index (κ1) is 13.4. The van der Waals surface area contributed by atoms with Crippen LogP contribution in [0.1, 0.15) is 30.6 Å². The fourth-order valence-electron chi connectivity index (χ4n) is 1.10. The van der Waals surface area contributed by atoms with Gasteiger partial charge >= 0.3 is 0 Å². The average molecular weight is 258 g/mol. The highest BCUT2D eigenvalue weighted by Crippen LogP contribution is 2.19. The molecule has 1 N–H and O–H groups in total. The number of amides is 1. The number of rotatable bonds is 4. The number of carbonyl (C=O) groups is 1. The van der Waals surface area contributed by atoms with E-state index < -0.39 is 10.8 Å². The van der Waals surface area contributed by atoms with Crippen LogP contribution in [-0.4, -0.2) is 21.9 Å². The number of pyridine rings is 1. The molecule has 17 heavy (non-hydrogen) atoms. The second-order valence-electron chi connectivity index (χ2n) is 3.57. The van der Waals surface area contributed by atoms with Crippen LogP contribution in [0.4, 0.5) is 5.69 Å². The molecule has 1 atom stereocenters.